The third-order valence-corrected chi connectivity index (χ3v) is 4.95. The molecule has 0 aliphatic carbocycles. The molecule has 0 spiro atoms. The Labute approximate surface area is 144 Å². The van der Waals surface area contributed by atoms with Crippen LogP contribution in [-0.4, -0.2) is 53.8 Å². The summed E-state index contributed by atoms with van der Waals surface area (Å²) in [6.45, 7) is 9.78. The first kappa shape index (κ1) is 18.8. The average molecular weight is 336 g/mol. The number of nitrogens with zero attached hydrogens (tertiary/aromatic N) is 2. The highest BCUT2D eigenvalue weighted by atomic mass is 16.7. The SMILES string of the molecule is CC1(C)OB(C2=CCCN(C(=O)CCN(N)/C=C\N)C2)OC1(C)C. The zero-order valence-corrected chi connectivity index (χ0v) is 15.1. The summed E-state index contributed by atoms with van der Waals surface area (Å²) in [6, 6.07) is 0. The van der Waals surface area contributed by atoms with E-state index in [9.17, 15) is 4.79 Å². The molecule has 0 unspecified atom stereocenters. The highest BCUT2D eigenvalue weighted by Gasteiger charge is 2.52. The lowest BCUT2D eigenvalue weighted by molar-refractivity contribution is -0.131. The maximum absolute atomic E-state index is 12.4. The molecule has 0 radical (unpaired) electrons. The quantitative estimate of drug-likeness (QED) is 0.438. The Bertz CT molecular complexity index is 517. The van der Waals surface area contributed by atoms with Crippen LogP contribution in [0.25, 0.3) is 0 Å². The van der Waals surface area contributed by atoms with Gasteiger partial charge in [0.05, 0.1) is 11.2 Å². The van der Waals surface area contributed by atoms with Gasteiger partial charge in [-0.1, -0.05) is 6.08 Å². The van der Waals surface area contributed by atoms with Crippen LogP contribution in [0.3, 0.4) is 0 Å². The van der Waals surface area contributed by atoms with Gasteiger partial charge in [0.2, 0.25) is 5.91 Å². The number of amides is 1. The number of rotatable bonds is 5. The highest BCUT2D eigenvalue weighted by Crippen LogP contribution is 2.39. The van der Waals surface area contributed by atoms with Gasteiger partial charge in [0.25, 0.3) is 0 Å². The maximum atomic E-state index is 12.4. The van der Waals surface area contributed by atoms with E-state index in [0.29, 0.717) is 26.1 Å². The molecule has 2 rings (SSSR count). The van der Waals surface area contributed by atoms with E-state index in [1.807, 2.05) is 32.6 Å². The molecule has 2 heterocycles. The topological polar surface area (TPSA) is 94.0 Å². The Morgan fingerprint density at radius 2 is 2.00 bits per heavy atom. The van der Waals surface area contributed by atoms with Gasteiger partial charge in [-0.15, -0.1) is 0 Å². The Balaban J connectivity index is 1.92. The fraction of sp³-hybridized carbons (Fsp3) is 0.688. The third kappa shape index (κ3) is 4.12. The van der Waals surface area contributed by atoms with Crippen LogP contribution >= 0.6 is 0 Å². The van der Waals surface area contributed by atoms with Crippen molar-refractivity contribution in [2.75, 3.05) is 19.6 Å². The number of carbonyl (C=O) groups is 1. The van der Waals surface area contributed by atoms with Gasteiger partial charge in [-0.25, -0.2) is 5.84 Å². The number of hydrogen-bond acceptors (Lipinski definition) is 6. The van der Waals surface area contributed by atoms with Gasteiger partial charge in [0.15, 0.2) is 0 Å². The van der Waals surface area contributed by atoms with Gasteiger partial charge < -0.3 is 25.0 Å². The van der Waals surface area contributed by atoms with Gasteiger partial charge in [-0.3, -0.25) is 4.79 Å². The van der Waals surface area contributed by atoms with Crippen molar-refractivity contribution < 1.29 is 14.1 Å². The van der Waals surface area contributed by atoms with Gasteiger partial charge >= 0.3 is 7.12 Å². The van der Waals surface area contributed by atoms with Crippen LogP contribution in [0, 0.1) is 0 Å². The second kappa shape index (κ2) is 7.17. The third-order valence-electron chi connectivity index (χ3n) is 4.95. The van der Waals surface area contributed by atoms with E-state index in [4.69, 9.17) is 20.9 Å². The van der Waals surface area contributed by atoms with Crippen LogP contribution < -0.4 is 11.6 Å². The summed E-state index contributed by atoms with van der Waals surface area (Å²) in [5.74, 6) is 5.76. The lowest BCUT2D eigenvalue weighted by Crippen LogP contribution is -2.41. The summed E-state index contributed by atoms with van der Waals surface area (Å²) >= 11 is 0. The highest BCUT2D eigenvalue weighted by molar-refractivity contribution is 6.54. The Hall–Kier alpha value is -1.51. The van der Waals surface area contributed by atoms with Crippen molar-refractivity contribution in [3.63, 3.8) is 0 Å². The number of hydrogen-bond donors (Lipinski definition) is 2. The minimum atomic E-state index is -0.392. The van der Waals surface area contributed by atoms with Crippen LogP contribution in [0.4, 0.5) is 0 Å². The van der Waals surface area contributed by atoms with Crippen molar-refractivity contribution in [3.05, 3.63) is 23.9 Å². The summed E-state index contributed by atoms with van der Waals surface area (Å²) in [6.07, 6.45) is 6.17. The molecule has 8 heteroatoms. The molecule has 7 nitrogen and oxygen atoms in total. The van der Waals surface area contributed by atoms with Crippen LogP contribution in [0.1, 0.15) is 40.5 Å². The molecule has 1 saturated heterocycles. The molecule has 0 aromatic carbocycles. The summed E-state index contributed by atoms with van der Waals surface area (Å²) in [5.41, 5.74) is 5.54. The number of hydrazine groups is 1. The second-order valence-corrected chi connectivity index (χ2v) is 7.30. The van der Waals surface area contributed by atoms with E-state index >= 15 is 0 Å². The molecule has 0 aromatic heterocycles. The normalized spacial score (nSPS) is 22.8. The molecule has 2 aliphatic heterocycles. The van der Waals surface area contributed by atoms with Crippen molar-refractivity contribution in [3.8, 4) is 0 Å². The van der Waals surface area contributed by atoms with Crippen LogP contribution in [0.15, 0.2) is 23.9 Å². The van der Waals surface area contributed by atoms with Crippen LogP contribution in [-0.2, 0) is 14.1 Å². The molecular weight excluding hydrogens is 307 g/mol. The predicted octanol–water partition coefficient (Wildman–Crippen LogP) is 0.772. The Kier molecular flexibility index (Phi) is 5.62. The number of carbonyl (C=O) groups excluding carboxylic acids is 1. The first-order valence-corrected chi connectivity index (χ1v) is 8.38. The lowest BCUT2D eigenvalue weighted by Gasteiger charge is -2.32. The molecule has 1 amide bonds. The van der Waals surface area contributed by atoms with Gasteiger partial charge in [0, 0.05) is 38.5 Å². The maximum Gasteiger partial charge on any atom is 0.492 e. The van der Waals surface area contributed by atoms with E-state index < -0.39 is 7.12 Å². The van der Waals surface area contributed by atoms with E-state index in [1.165, 1.54) is 11.2 Å². The Morgan fingerprint density at radius 1 is 1.38 bits per heavy atom. The zero-order chi connectivity index (χ0) is 18.0. The summed E-state index contributed by atoms with van der Waals surface area (Å²) in [5, 5.41) is 1.41. The minimum Gasteiger partial charge on any atom is -0.403 e. The van der Waals surface area contributed by atoms with Crippen molar-refractivity contribution in [2.45, 2.75) is 51.7 Å². The van der Waals surface area contributed by atoms with E-state index in [1.54, 1.807) is 6.20 Å². The van der Waals surface area contributed by atoms with Crippen LogP contribution in [0.2, 0.25) is 0 Å². The molecule has 4 N–H and O–H groups in total. The fourth-order valence-electron chi connectivity index (χ4n) is 2.72. The molecule has 0 saturated carbocycles. The van der Waals surface area contributed by atoms with Gasteiger partial charge in [-0.2, -0.15) is 0 Å². The van der Waals surface area contributed by atoms with E-state index in [2.05, 4.69) is 6.08 Å². The van der Waals surface area contributed by atoms with Gasteiger partial charge in [-0.05, 0) is 39.6 Å². The molecule has 2 aliphatic rings. The predicted molar refractivity (Wildman–Crippen MR) is 94.2 cm³/mol. The standard InChI is InChI=1S/C16H29BN4O3/c1-15(2)16(3,4)24-17(23-15)13-6-5-9-20(12-13)14(22)7-10-21(19)11-8-18/h6,8,11H,5,7,9-10,12,18-19H2,1-4H3/b11-8-. The zero-order valence-electron chi connectivity index (χ0n) is 15.1. The first-order valence-electron chi connectivity index (χ1n) is 8.38. The molecular formula is C16H29BN4O3. The molecule has 0 atom stereocenters. The molecule has 0 bridgehead atoms. The Morgan fingerprint density at radius 3 is 2.58 bits per heavy atom. The molecule has 134 valence electrons. The monoisotopic (exact) mass is 336 g/mol. The summed E-state index contributed by atoms with van der Waals surface area (Å²) < 4.78 is 12.2. The van der Waals surface area contributed by atoms with Crippen molar-refractivity contribution in [1.29, 1.82) is 0 Å². The van der Waals surface area contributed by atoms with E-state index in [-0.39, 0.29) is 17.1 Å². The smallest absolute Gasteiger partial charge is 0.403 e. The second-order valence-electron chi connectivity index (χ2n) is 7.30. The summed E-state index contributed by atoms with van der Waals surface area (Å²) in [4.78, 5) is 14.2. The lowest BCUT2D eigenvalue weighted by atomic mass is 9.76. The average Bonchev–Trinajstić information content (AvgIpc) is 2.73. The fourth-order valence-corrected chi connectivity index (χ4v) is 2.72. The van der Waals surface area contributed by atoms with Crippen molar-refractivity contribution >= 4 is 13.0 Å². The van der Waals surface area contributed by atoms with E-state index in [0.717, 1.165) is 11.9 Å². The van der Waals surface area contributed by atoms with Crippen molar-refractivity contribution in [1.82, 2.24) is 9.91 Å². The minimum absolute atomic E-state index is 0.0676. The molecule has 0 aromatic rings. The largest absolute Gasteiger partial charge is 0.492 e. The molecule has 1 fully saturated rings. The number of nitrogens with two attached hydrogens (primary N) is 2. The first-order chi connectivity index (χ1) is 11.2. The van der Waals surface area contributed by atoms with Crippen LogP contribution in [0.5, 0.6) is 0 Å². The van der Waals surface area contributed by atoms with Crippen molar-refractivity contribution in [2.24, 2.45) is 11.6 Å². The summed E-state index contributed by atoms with van der Waals surface area (Å²) in [7, 11) is -0.392. The molecule has 24 heavy (non-hydrogen) atoms. The van der Waals surface area contributed by atoms with Gasteiger partial charge in [0.1, 0.15) is 0 Å².